The van der Waals surface area contributed by atoms with Gasteiger partial charge in [-0.3, -0.25) is 4.40 Å². The molecule has 0 aliphatic rings. The highest BCUT2D eigenvalue weighted by Crippen LogP contribution is 2.20. The second-order valence-corrected chi connectivity index (χ2v) is 4.35. The summed E-state index contributed by atoms with van der Waals surface area (Å²) in [6, 6.07) is 10.5. The van der Waals surface area contributed by atoms with Crippen molar-refractivity contribution in [1.29, 1.82) is 0 Å². The van der Waals surface area contributed by atoms with Gasteiger partial charge in [0.25, 0.3) is 0 Å². The maximum absolute atomic E-state index is 5.58. The van der Waals surface area contributed by atoms with Crippen molar-refractivity contribution in [2.75, 3.05) is 6.54 Å². The summed E-state index contributed by atoms with van der Waals surface area (Å²) < 4.78 is 2.16. The molecule has 1 aromatic carbocycles. The van der Waals surface area contributed by atoms with Gasteiger partial charge >= 0.3 is 0 Å². The zero-order valence-electron chi connectivity index (χ0n) is 9.85. The minimum Gasteiger partial charge on any atom is -0.330 e. The highest BCUT2D eigenvalue weighted by Gasteiger charge is 2.05. The predicted molar refractivity (Wildman–Crippen MR) is 70.2 cm³/mol. The molecule has 3 nitrogen and oxygen atoms in total. The van der Waals surface area contributed by atoms with Gasteiger partial charge in [-0.15, -0.1) is 0 Å². The number of nitrogens with two attached hydrogens (primary N) is 1. The molecule has 17 heavy (non-hydrogen) atoms. The lowest BCUT2D eigenvalue weighted by Gasteiger charge is -2.04. The first-order valence-corrected chi connectivity index (χ1v) is 5.86. The Morgan fingerprint density at radius 1 is 1.24 bits per heavy atom. The van der Waals surface area contributed by atoms with E-state index in [1.807, 2.05) is 0 Å². The summed E-state index contributed by atoms with van der Waals surface area (Å²) in [6.07, 6.45) is 2.92. The summed E-state index contributed by atoms with van der Waals surface area (Å²) in [5.41, 5.74) is 10.1. The third-order valence-electron chi connectivity index (χ3n) is 3.11. The van der Waals surface area contributed by atoms with Crippen LogP contribution in [0.5, 0.6) is 0 Å². The molecule has 2 aromatic heterocycles. The van der Waals surface area contributed by atoms with Crippen LogP contribution in [0.4, 0.5) is 0 Å². The molecule has 3 rings (SSSR count). The molecule has 86 valence electrons. The highest BCUT2D eigenvalue weighted by molar-refractivity contribution is 5.84. The number of para-hydroxylation sites is 1. The van der Waals surface area contributed by atoms with Crippen LogP contribution < -0.4 is 5.73 Å². The smallest absolute Gasteiger partial charge is 0.137 e. The summed E-state index contributed by atoms with van der Waals surface area (Å²) in [4.78, 5) is 4.58. The van der Waals surface area contributed by atoms with Crippen molar-refractivity contribution in [2.24, 2.45) is 5.73 Å². The van der Waals surface area contributed by atoms with E-state index in [0.29, 0.717) is 6.54 Å². The number of aryl methyl sites for hydroxylation is 1. The SMILES string of the molecule is Cc1cccc2ccc3nc(CCN)cn3c12. The molecule has 3 heteroatoms. The van der Waals surface area contributed by atoms with E-state index in [9.17, 15) is 0 Å². The molecular formula is C14H15N3. The van der Waals surface area contributed by atoms with Crippen molar-refractivity contribution in [3.05, 3.63) is 47.8 Å². The lowest BCUT2D eigenvalue weighted by Crippen LogP contribution is -2.02. The third kappa shape index (κ3) is 1.59. The first-order valence-electron chi connectivity index (χ1n) is 5.86. The van der Waals surface area contributed by atoms with Gasteiger partial charge in [-0.25, -0.2) is 4.98 Å². The Hall–Kier alpha value is -1.87. The number of pyridine rings is 1. The fraction of sp³-hybridized carbons (Fsp3) is 0.214. The quantitative estimate of drug-likeness (QED) is 0.727. The average molecular weight is 225 g/mol. The van der Waals surface area contributed by atoms with Crippen LogP contribution >= 0.6 is 0 Å². The van der Waals surface area contributed by atoms with Gasteiger partial charge < -0.3 is 5.73 Å². The van der Waals surface area contributed by atoms with E-state index in [2.05, 4.69) is 52.8 Å². The zero-order valence-corrected chi connectivity index (χ0v) is 9.85. The number of nitrogens with zero attached hydrogens (tertiary/aromatic N) is 2. The molecule has 0 saturated heterocycles. The Balaban J connectivity index is 2.37. The van der Waals surface area contributed by atoms with Crippen molar-refractivity contribution in [3.63, 3.8) is 0 Å². The first-order chi connectivity index (χ1) is 8.29. The fourth-order valence-corrected chi connectivity index (χ4v) is 2.32. The minimum absolute atomic E-state index is 0.640. The van der Waals surface area contributed by atoms with Crippen molar-refractivity contribution >= 4 is 16.6 Å². The number of hydrogen-bond donors (Lipinski definition) is 1. The maximum Gasteiger partial charge on any atom is 0.137 e. The molecular weight excluding hydrogens is 210 g/mol. The van der Waals surface area contributed by atoms with Crippen molar-refractivity contribution in [2.45, 2.75) is 13.3 Å². The largest absolute Gasteiger partial charge is 0.330 e. The van der Waals surface area contributed by atoms with E-state index >= 15 is 0 Å². The molecule has 0 spiro atoms. The molecule has 2 N–H and O–H groups in total. The lowest BCUT2D eigenvalue weighted by molar-refractivity contribution is 0.937. The van der Waals surface area contributed by atoms with Gasteiger partial charge in [0.1, 0.15) is 5.65 Å². The van der Waals surface area contributed by atoms with Crippen LogP contribution in [0.3, 0.4) is 0 Å². The standard InChI is InChI=1S/C14H15N3/c1-10-3-2-4-11-5-6-13-16-12(7-8-15)9-17(13)14(10)11/h2-6,9H,7-8,15H2,1H3. The van der Waals surface area contributed by atoms with Gasteiger partial charge in [0, 0.05) is 12.6 Å². The number of hydrogen-bond acceptors (Lipinski definition) is 2. The molecule has 0 aliphatic heterocycles. The molecule has 0 atom stereocenters. The zero-order chi connectivity index (χ0) is 11.8. The van der Waals surface area contributed by atoms with Crippen LogP contribution in [0.25, 0.3) is 16.6 Å². The second kappa shape index (κ2) is 3.86. The summed E-state index contributed by atoms with van der Waals surface area (Å²) in [5.74, 6) is 0. The van der Waals surface area contributed by atoms with Gasteiger partial charge in [-0.05, 0) is 36.6 Å². The number of benzene rings is 1. The van der Waals surface area contributed by atoms with Crippen molar-refractivity contribution in [1.82, 2.24) is 9.38 Å². The molecule has 2 heterocycles. The van der Waals surface area contributed by atoms with Gasteiger partial charge in [0.2, 0.25) is 0 Å². The molecule has 0 saturated carbocycles. The summed E-state index contributed by atoms with van der Waals surface area (Å²) in [5, 5.41) is 1.24. The van der Waals surface area contributed by atoms with Gasteiger partial charge in [-0.2, -0.15) is 0 Å². The van der Waals surface area contributed by atoms with Crippen LogP contribution in [0.2, 0.25) is 0 Å². The molecule has 0 radical (unpaired) electrons. The van der Waals surface area contributed by atoms with Crippen LogP contribution in [-0.2, 0) is 6.42 Å². The van der Waals surface area contributed by atoms with Crippen molar-refractivity contribution in [3.8, 4) is 0 Å². The van der Waals surface area contributed by atoms with Crippen molar-refractivity contribution < 1.29 is 0 Å². The Morgan fingerprint density at radius 3 is 2.94 bits per heavy atom. The Morgan fingerprint density at radius 2 is 2.12 bits per heavy atom. The fourth-order valence-electron chi connectivity index (χ4n) is 2.32. The van der Waals surface area contributed by atoms with E-state index in [1.165, 1.54) is 16.5 Å². The summed E-state index contributed by atoms with van der Waals surface area (Å²) in [6.45, 7) is 2.77. The van der Waals surface area contributed by atoms with Gasteiger partial charge in [-0.1, -0.05) is 18.2 Å². The number of imidazole rings is 1. The van der Waals surface area contributed by atoms with Gasteiger partial charge in [0.15, 0.2) is 0 Å². The van der Waals surface area contributed by atoms with E-state index in [4.69, 9.17) is 5.73 Å². The van der Waals surface area contributed by atoms with E-state index in [-0.39, 0.29) is 0 Å². The topological polar surface area (TPSA) is 43.3 Å². The van der Waals surface area contributed by atoms with Crippen LogP contribution in [0, 0.1) is 6.92 Å². The average Bonchev–Trinajstić information content (AvgIpc) is 2.72. The van der Waals surface area contributed by atoms with Crippen LogP contribution in [-0.4, -0.2) is 15.9 Å². The first kappa shape index (κ1) is 10.3. The van der Waals surface area contributed by atoms with E-state index < -0.39 is 0 Å². The summed E-state index contributed by atoms with van der Waals surface area (Å²) >= 11 is 0. The highest BCUT2D eigenvalue weighted by atomic mass is 15.0. The summed E-state index contributed by atoms with van der Waals surface area (Å²) in [7, 11) is 0. The normalized spacial score (nSPS) is 11.4. The molecule has 0 unspecified atom stereocenters. The van der Waals surface area contributed by atoms with E-state index in [1.54, 1.807) is 0 Å². The Labute approximate surface area is 99.9 Å². The van der Waals surface area contributed by atoms with E-state index in [0.717, 1.165) is 17.8 Å². The monoisotopic (exact) mass is 225 g/mol. The molecule has 0 amide bonds. The molecule has 0 aliphatic carbocycles. The second-order valence-electron chi connectivity index (χ2n) is 4.35. The van der Waals surface area contributed by atoms with Gasteiger partial charge in [0.05, 0.1) is 11.2 Å². The maximum atomic E-state index is 5.58. The molecule has 3 aromatic rings. The number of fused-ring (bicyclic) bond motifs is 3. The Bertz CT molecular complexity index is 682. The van der Waals surface area contributed by atoms with Crippen LogP contribution in [0.1, 0.15) is 11.3 Å². The number of rotatable bonds is 2. The van der Waals surface area contributed by atoms with Crippen LogP contribution in [0.15, 0.2) is 36.5 Å². The minimum atomic E-state index is 0.640. The number of aromatic nitrogens is 2. The molecule has 0 bridgehead atoms. The Kier molecular flexibility index (Phi) is 2.34. The predicted octanol–water partition coefficient (Wildman–Crippen LogP) is 2.30. The molecule has 0 fully saturated rings. The lowest BCUT2D eigenvalue weighted by atomic mass is 10.1. The third-order valence-corrected chi connectivity index (χ3v) is 3.11.